The van der Waals surface area contributed by atoms with Crippen LogP contribution in [0.5, 0.6) is 5.75 Å². The molecule has 0 radical (unpaired) electrons. The van der Waals surface area contributed by atoms with Gasteiger partial charge in [0.05, 0.1) is 0 Å². The smallest absolute Gasteiger partial charge is 0.308 e. The maximum atomic E-state index is 13.1. The number of amides is 2. The van der Waals surface area contributed by atoms with Gasteiger partial charge >= 0.3 is 5.97 Å². The van der Waals surface area contributed by atoms with Gasteiger partial charge in [-0.25, -0.2) is 0 Å². The number of carbonyl (C=O) groups excluding carboxylic acids is 3. The van der Waals surface area contributed by atoms with Crippen LogP contribution in [0.15, 0.2) is 66.7 Å². The SMILES string of the molecule is CC(=O)Oc1cccc(C(=O)N2CCN(C(=O)c3cccc4ccccc34)CC2)c1. The van der Waals surface area contributed by atoms with Crippen molar-refractivity contribution in [3.05, 3.63) is 77.9 Å². The minimum absolute atomic E-state index is 0.0178. The number of benzene rings is 3. The van der Waals surface area contributed by atoms with Gasteiger partial charge in [0.2, 0.25) is 0 Å². The van der Waals surface area contributed by atoms with E-state index in [1.54, 1.807) is 34.1 Å². The van der Waals surface area contributed by atoms with Crippen LogP contribution in [0.3, 0.4) is 0 Å². The summed E-state index contributed by atoms with van der Waals surface area (Å²) in [6.45, 7) is 3.16. The number of esters is 1. The Morgan fingerprint density at radius 2 is 1.40 bits per heavy atom. The molecule has 0 saturated carbocycles. The summed E-state index contributed by atoms with van der Waals surface area (Å²) in [5.74, 6) is -0.240. The lowest BCUT2D eigenvalue weighted by atomic mass is 10.0. The van der Waals surface area contributed by atoms with Gasteiger partial charge in [-0.3, -0.25) is 14.4 Å². The first-order valence-corrected chi connectivity index (χ1v) is 9.88. The highest BCUT2D eigenvalue weighted by atomic mass is 16.5. The number of hydrogen-bond acceptors (Lipinski definition) is 4. The third kappa shape index (κ3) is 4.03. The molecule has 4 rings (SSSR count). The molecule has 0 N–H and O–H groups in total. The van der Waals surface area contributed by atoms with Gasteiger partial charge in [-0.05, 0) is 35.0 Å². The Balaban J connectivity index is 1.44. The molecule has 3 aromatic carbocycles. The lowest BCUT2D eigenvalue weighted by molar-refractivity contribution is -0.131. The largest absolute Gasteiger partial charge is 0.427 e. The predicted octanol–water partition coefficient (Wildman–Crippen LogP) is 3.36. The van der Waals surface area contributed by atoms with Gasteiger partial charge in [-0.2, -0.15) is 0 Å². The van der Waals surface area contributed by atoms with Crippen molar-refractivity contribution >= 4 is 28.6 Å². The number of ether oxygens (including phenoxy) is 1. The third-order valence-electron chi connectivity index (χ3n) is 5.22. The van der Waals surface area contributed by atoms with Crippen molar-refractivity contribution in [2.75, 3.05) is 26.2 Å². The molecule has 6 nitrogen and oxygen atoms in total. The number of nitrogens with zero attached hydrogens (tertiary/aromatic N) is 2. The molecular weight excluding hydrogens is 380 g/mol. The van der Waals surface area contributed by atoms with E-state index < -0.39 is 5.97 Å². The Morgan fingerprint density at radius 1 is 0.767 bits per heavy atom. The zero-order chi connectivity index (χ0) is 21.1. The van der Waals surface area contributed by atoms with Crippen molar-refractivity contribution in [3.63, 3.8) is 0 Å². The molecule has 1 aliphatic rings. The van der Waals surface area contributed by atoms with E-state index in [0.29, 0.717) is 43.1 Å². The van der Waals surface area contributed by atoms with Crippen LogP contribution in [0.25, 0.3) is 10.8 Å². The fourth-order valence-electron chi connectivity index (χ4n) is 3.74. The second kappa shape index (κ2) is 8.37. The Labute approximate surface area is 174 Å². The first kappa shape index (κ1) is 19.6. The van der Waals surface area contributed by atoms with Gasteiger partial charge in [-0.1, -0.05) is 42.5 Å². The average Bonchev–Trinajstić information content (AvgIpc) is 2.77. The number of piperazine rings is 1. The van der Waals surface area contributed by atoms with Gasteiger partial charge in [-0.15, -0.1) is 0 Å². The number of carbonyl (C=O) groups is 3. The van der Waals surface area contributed by atoms with Crippen molar-refractivity contribution in [2.24, 2.45) is 0 Å². The van der Waals surface area contributed by atoms with Gasteiger partial charge in [0.1, 0.15) is 5.75 Å². The molecule has 2 amide bonds. The second-order valence-electron chi connectivity index (χ2n) is 7.23. The molecule has 1 aliphatic heterocycles. The fourth-order valence-corrected chi connectivity index (χ4v) is 3.74. The Bertz CT molecular complexity index is 1110. The summed E-state index contributed by atoms with van der Waals surface area (Å²) < 4.78 is 5.06. The van der Waals surface area contributed by atoms with Crippen LogP contribution in [0.4, 0.5) is 0 Å². The fraction of sp³-hybridized carbons (Fsp3) is 0.208. The molecule has 1 saturated heterocycles. The van der Waals surface area contributed by atoms with E-state index in [1.807, 2.05) is 42.5 Å². The molecular formula is C24H22N2O4. The van der Waals surface area contributed by atoms with E-state index in [2.05, 4.69) is 0 Å². The second-order valence-corrected chi connectivity index (χ2v) is 7.23. The summed E-state index contributed by atoms with van der Waals surface area (Å²) in [4.78, 5) is 40.6. The summed E-state index contributed by atoms with van der Waals surface area (Å²) in [5, 5.41) is 1.97. The van der Waals surface area contributed by atoms with Crippen LogP contribution in [0, 0.1) is 0 Å². The van der Waals surface area contributed by atoms with E-state index >= 15 is 0 Å². The Morgan fingerprint density at radius 3 is 2.13 bits per heavy atom. The normalized spacial score (nSPS) is 13.9. The molecule has 0 bridgehead atoms. The Hall–Kier alpha value is -3.67. The van der Waals surface area contributed by atoms with Gasteiger partial charge in [0, 0.05) is 44.2 Å². The minimum Gasteiger partial charge on any atom is -0.427 e. The Kier molecular flexibility index (Phi) is 5.48. The lowest BCUT2D eigenvalue weighted by Gasteiger charge is -2.35. The molecule has 0 unspecified atom stereocenters. The standard InChI is InChI=1S/C24H22N2O4/c1-17(27)30-20-9-4-8-19(16-20)23(28)25-12-14-26(15-13-25)24(29)22-11-5-7-18-6-2-3-10-21(18)22/h2-11,16H,12-15H2,1H3. The van der Waals surface area contributed by atoms with Crippen molar-refractivity contribution in [1.29, 1.82) is 0 Å². The summed E-state index contributed by atoms with van der Waals surface area (Å²) >= 11 is 0. The van der Waals surface area contributed by atoms with Crippen molar-refractivity contribution in [3.8, 4) is 5.75 Å². The first-order valence-electron chi connectivity index (χ1n) is 9.88. The van der Waals surface area contributed by atoms with Crippen molar-refractivity contribution in [2.45, 2.75) is 6.92 Å². The molecule has 0 aliphatic carbocycles. The van der Waals surface area contributed by atoms with Crippen LogP contribution in [-0.2, 0) is 4.79 Å². The highest BCUT2D eigenvalue weighted by Crippen LogP contribution is 2.21. The highest BCUT2D eigenvalue weighted by Gasteiger charge is 2.26. The molecule has 1 fully saturated rings. The molecule has 1 heterocycles. The topological polar surface area (TPSA) is 66.9 Å². The molecule has 152 valence electrons. The van der Waals surface area contributed by atoms with E-state index in [-0.39, 0.29) is 11.8 Å². The number of fused-ring (bicyclic) bond motifs is 1. The molecule has 3 aromatic rings. The zero-order valence-electron chi connectivity index (χ0n) is 16.7. The van der Waals surface area contributed by atoms with Crippen molar-refractivity contribution < 1.29 is 19.1 Å². The third-order valence-corrected chi connectivity index (χ3v) is 5.22. The monoisotopic (exact) mass is 402 g/mol. The van der Waals surface area contributed by atoms with E-state index in [1.165, 1.54) is 6.92 Å². The number of rotatable bonds is 3. The summed E-state index contributed by atoms with van der Waals surface area (Å²) in [7, 11) is 0. The van der Waals surface area contributed by atoms with Crippen molar-refractivity contribution in [1.82, 2.24) is 9.80 Å². The quantitative estimate of drug-likeness (QED) is 0.498. The van der Waals surface area contributed by atoms with Crippen LogP contribution >= 0.6 is 0 Å². The minimum atomic E-state index is -0.430. The predicted molar refractivity (Wildman–Crippen MR) is 114 cm³/mol. The molecule has 30 heavy (non-hydrogen) atoms. The highest BCUT2D eigenvalue weighted by molar-refractivity contribution is 6.07. The maximum absolute atomic E-state index is 13.1. The average molecular weight is 402 g/mol. The van der Waals surface area contributed by atoms with Crippen LogP contribution < -0.4 is 4.74 Å². The zero-order valence-corrected chi connectivity index (χ0v) is 16.7. The van der Waals surface area contributed by atoms with E-state index in [9.17, 15) is 14.4 Å². The van der Waals surface area contributed by atoms with Gasteiger partial charge in [0.25, 0.3) is 11.8 Å². The van der Waals surface area contributed by atoms with Crippen LogP contribution in [0.2, 0.25) is 0 Å². The first-order chi connectivity index (χ1) is 14.5. The molecule has 0 atom stereocenters. The van der Waals surface area contributed by atoms with E-state index in [4.69, 9.17) is 4.74 Å². The van der Waals surface area contributed by atoms with Crippen LogP contribution in [-0.4, -0.2) is 53.8 Å². The van der Waals surface area contributed by atoms with Crippen LogP contribution in [0.1, 0.15) is 27.6 Å². The van der Waals surface area contributed by atoms with Gasteiger partial charge < -0.3 is 14.5 Å². The number of hydrogen-bond donors (Lipinski definition) is 0. The summed E-state index contributed by atoms with van der Waals surface area (Å²) in [5.41, 5.74) is 1.14. The lowest BCUT2D eigenvalue weighted by Crippen LogP contribution is -2.50. The van der Waals surface area contributed by atoms with Gasteiger partial charge in [0.15, 0.2) is 0 Å². The molecule has 0 spiro atoms. The maximum Gasteiger partial charge on any atom is 0.308 e. The summed E-state index contributed by atoms with van der Waals surface area (Å²) in [6, 6.07) is 20.2. The molecule has 0 aromatic heterocycles. The van der Waals surface area contributed by atoms with E-state index in [0.717, 1.165) is 10.8 Å². The summed E-state index contributed by atoms with van der Waals surface area (Å²) in [6.07, 6.45) is 0. The molecule has 6 heteroatoms.